The molecule has 0 saturated heterocycles. The van der Waals surface area contributed by atoms with Crippen LogP contribution in [0, 0.1) is 10.1 Å². The number of thiophene rings is 1. The van der Waals surface area contributed by atoms with Crippen molar-refractivity contribution in [1.82, 2.24) is 10.3 Å². The van der Waals surface area contributed by atoms with E-state index in [1.807, 2.05) is 0 Å². The summed E-state index contributed by atoms with van der Waals surface area (Å²) in [4.78, 5) is 39.0. The molecule has 0 atom stereocenters. The highest BCUT2D eigenvalue weighted by Crippen LogP contribution is 2.45. The minimum Gasteiger partial charge on any atom is -0.459 e. The molecule has 0 bridgehead atoms. The summed E-state index contributed by atoms with van der Waals surface area (Å²) in [7, 11) is 0. The van der Waals surface area contributed by atoms with Crippen molar-refractivity contribution >= 4 is 63.9 Å². The van der Waals surface area contributed by atoms with E-state index in [1.165, 1.54) is 12.4 Å². The molecule has 12 heteroatoms. The molecule has 2 aromatic heterocycles. The Morgan fingerprint density at radius 2 is 1.93 bits per heavy atom. The summed E-state index contributed by atoms with van der Waals surface area (Å²) in [6.45, 7) is 4.75. The van der Waals surface area contributed by atoms with Gasteiger partial charge in [-0.25, -0.2) is 0 Å². The molecule has 0 aliphatic carbocycles. The molecule has 28 heavy (non-hydrogen) atoms. The van der Waals surface area contributed by atoms with E-state index in [4.69, 9.17) is 27.9 Å². The summed E-state index contributed by atoms with van der Waals surface area (Å²) in [6.07, 6.45) is 2.73. The SMILES string of the molecule is CC(C)(C)OC(=O)CNC(=O)c1cc([N+](=O)[O-])c(Sc2c(Cl)cncc2Cl)s1. The molecular formula is C16H15Cl2N3O5S2. The number of hydrogen-bond donors (Lipinski definition) is 1. The lowest BCUT2D eigenvalue weighted by atomic mass is 10.2. The van der Waals surface area contributed by atoms with Crippen LogP contribution in [0.3, 0.4) is 0 Å². The molecule has 2 aromatic rings. The normalized spacial score (nSPS) is 11.2. The van der Waals surface area contributed by atoms with Crippen LogP contribution in [0.1, 0.15) is 30.4 Å². The van der Waals surface area contributed by atoms with Gasteiger partial charge in [-0.3, -0.25) is 24.7 Å². The molecule has 2 heterocycles. The lowest BCUT2D eigenvalue weighted by Gasteiger charge is -2.19. The van der Waals surface area contributed by atoms with Crippen LogP contribution < -0.4 is 5.32 Å². The van der Waals surface area contributed by atoms with E-state index in [-0.39, 0.29) is 31.4 Å². The van der Waals surface area contributed by atoms with Crippen LogP contribution >= 0.6 is 46.3 Å². The first-order chi connectivity index (χ1) is 13.0. The van der Waals surface area contributed by atoms with Crippen molar-refractivity contribution in [2.75, 3.05) is 6.54 Å². The number of hydrogen-bond acceptors (Lipinski definition) is 8. The molecule has 1 N–H and O–H groups in total. The summed E-state index contributed by atoms with van der Waals surface area (Å²) < 4.78 is 5.32. The van der Waals surface area contributed by atoms with Gasteiger partial charge in [0, 0.05) is 18.5 Å². The van der Waals surface area contributed by atoms with Crippen molar-refractivity contribution in [3.63, 3.8) is 0 Å². The number of nitro groups is 1. The van der Waals surface area contributed by atoms with Gasteiger partial charge in [0.25, 0.3) is 11.6 Å². The molecule has 0 unspecified atom stereocenters. The average molecular weight is 464 g/mol. The second kappa shape index (κ2) is 9.08. The first-order valence-electron chi connectivity index (χ1n) is 7.73. The van der Waals surface area contributed by atoms with Crippen molar-refractivity contribution in [3.8, 4) is 0 Å². The molecule has 1 amide bonds. The van der Waals surface area contributed by atoms with E-state index in [2.05, 4.69) is 10.3 Å². The quantitative estimate of drug-likeness (QED) is 0.378. The van der Waals surface area contributed by atoms with Gasteiger partial charge in [-0.05, 0) is 20.8 Å². The first-order valence-corrected chi connectivity index (χ1v) is 10.1. The zero-order chi connectivity index (χ0) is 21.1. The molecule has 0 saturated carbocycles. The number of pyridine rings is 1. The molecule has 0 aromatic carbocycles. The van der Waals surface area contributed by atoms with Gasteiger partial charge in [0.05, 0.1) is 19.9 Å². The van der Waals surface area contributed by atoms with E-state index in [0.717, 1.165) is 29.2 Å². The molecule has 0 radical (unpaired) electrons. The molecule has 150 valence electrons. The fraction of sp³-hybridized carbons (Fsp3) is 0.312. The number of rotatable bonds is 6. The summed E-state index contributed by atoms with van der Waals surface area (Å²) in [5.74, 6) is -1.24. The molecular weight excluding hydrogens is 449 g/mol. The third-order valence-electron chi connectivity index (χ3n) is 2.92. The highest BCUT2D eigenvalue weighted by atomic mass is 35.5. The molecule has 0 aliphatic rings. The first kappa shape index (κ1) is 22.4. The Labute approximate surface area is 178 Å². The van der Waals surface area contributed by atoms with Crippen LogP contribution in [0.2, 0.25) is 10.0 Å². The third kappa shape index (κ3) is 6.06. The number of carbonyl (C=O) groups excluding carboxylic acids is 2. The van der Waals surface area contributed by atoms with Crippen molar-refractivity contribution in [2.45, 2.75) is 35.5 Å². The van der Waals surface area contributed by atoms with Gasteiger partial charge in [-0.15, -0.1) is 11.3 Å². The lowest BCUT2D eigenvalue weighted by Crippen LogP contribution is -2.34. The largest absolute Gasteiger partial charge is 0.459 e. The summed E-state index contributed by atoms with van der Waals surface area (Å²) >= 11 is 14.0. The van der Waals surface area contributed by atoms with Gasteiger partial charge in [-0.2, -0.15) is 0 Å². The van der Waals surface area contributed by atoms with Crippen LogP contribution in [-0.4, -0.2) is 33.9 Å². The van der Waals surface area contributed by atoms with E-state index < -0.39 is 22.4 Å². The Morgan fingerprint density at radius 1 is 1.32 bits per heavy atom. The summed E-state index contributed by atoms with van der Waals surface area (Å²) in [5, 5.41) is 14.2. The molecule has 8 nitrogen and oxygen atoms in total. The molecule has 0 aliphatic heterocycles. The van der Waals surface area contributed by atoms with Gasteiger partial charge >= 0.3 is 5.97 Å². The molecule has 0 spiro atoms. The fourth-order valence-electron chi connectivity index (χ4n) is 1.88. The Hall–Kier alpha value is -1.88. The van der Waals surface area contributed by atoms with E-state index in [0.29, 0.717) is 4.90 Å². The Kier molecular flexibility index (Phi) is 7.27. The zero-order valence-electron chi connectivity index (χ0n) is 14.9. The second-order valence-corrected chi connectivity index (χ2v) is 9.49. The van der Waals surface area contributed by atoms with Gasteiger partial charge in [0.2, 0.25) is 0 Å². The van der Waals surface area contributed by atoms with Gasteiger partial charge < -0.3 is 10.1 Å². The topological polar surface area (TPSA) is 111 Å². The third-order valence-corrected chi connectivity index (χ3v) is 6.17. The van der Waals surface area contributed by atoms with Gasteiger partial charge in [0.15, 0.2) is 0 Å². The van der Waals surface area contributed by atoms with Crippen molar-refractivity contribution in [1.29, 1.82) is 0 Å². The number of halogens is 2. The monoisotopic (exact) mass is 463 g/mol. The number of ether oxygens (including phenoxy) is 1. The number of esters is 1. The van der Waals surface area contributed by atoms with E-state index >= 15 is 0 Å². The predicted molar refractivity (Wildman–Crippen MR) is 108 cm³/mol. The van der Waals surface area contributed by atoms with Gasteiger partial charge in [-0.1, -0.05) is 35.0 Å². The van der Waals surface area contributed by atoms with Crippen LogP contribution in [0.4, 0.5) is 5.69 Å². The minimum absolute atomic E-state index is 0.0686. The van der Waals surface area contributed by atoms with E-state index in [9.17, 15) is 19.7 Å². The zero-order valence-corrected chi connectivity index (χ0v) is 18.1. The molecule has 0 fully saturated rings. The number of aromatic nitrogens is 1. The fourth-order valence-corrected chi connectivity index (χ4v) is 4.66. The number of nitrogens with zero attached hydrogens (tertiary/aromatic N) is 2. The summed E-state index contributed by atoms with van der Waals surface area (Å²) in [6, 6.07) is 1.14. The van der Waals surface area contributed by atoms with E-state index in [1.54, 1.807) is 20.8 Å². The van der Waals surface area contributed by atoms with Crippen molar-refractivity contribution in [3.05, 3.63) is 43.5 Å². The number of nitrogens with one attached hydrogen (secondary N) is 1. The highest BCUT2D eigenvalue weighted by Gasteiger charge is 2.25. The summed E-state index contributed by atoms with van der Waals surface area (Å²) in [5.41, 5.74) is -0.947. The lowest BCUT2D eigenvalue weighted by molar-refractivity contribution is -0.387. The van der Waals surface area contributed by atoms with Crippen molar-refractivity contribution in [2.24, 2.45) is 0 Å². The molecule has 2 rings (SSSR count). The van der Waals surface area contributed by atoms with Crippen LogP contribution in [0.25, 0.3) is 0 Å². The second-order valence-electron chi connectivity index (χ2n) is 6.34. The van der Waals surface area contributed by atoms with Crippen molar-refractivity contribution < 1.29 is 19.2 Å². The standard InChI is InChI=1S/C16H15Cl2N3O5S2/c1-16(2,3)26-12(22)7-20-14(23)11-4-10(21(24)25)15(27-11)28-13-8(17)5-19-6-9(13)18/h4-6H,7H2,1-3H3,(H,20,23). The average Bonchev–Trinajstić information content (AvgIpc) is 2.99. The Bertz CT molecular complexity index is 907. The minimum atomic E-state index is -0.684. The highest BCUT2D eigenvalue weighted by molar-refractivity contribution is 8.01. The Morgan fingerprint density at radius 3 is 2.46 bits per heavy atom. The maximum absolute atomic E-state index is 12.3. The van der Waals surface area contributed by atoms with Crippen LogP contribution in [0.15, 0.2) is 27.6 Å². The maximum atomic E-state index is 12.3. The predicted octanol–water partition coefficient (Wildman–Crippen LogP) is 4.58. The number of carbonyl (C=O) groups is 2. The maximum Gasteiger partial charge on any atom is 0.325 e. The van der Waals surface area contributed by atoms with Crippen LogP contribution in [-0.2, 0) is 9.53 Å². The number of amides is 1. The van der Waals surface area contributed by atoms with Gasteiger partial charge in [0.1, 0.15) is 21.2 Å². The smallest absolute Gasteiger partial charge is 0.325 e. The Balaban J connectivity index is 2.19. The van der Waals surface area contributed by atoms with Crippen LogP contribution in [0.5, 0.6) is 0 Å².